The predicted molar refractivity (Wildman–Crippen MR) is 97.4 cm³/mol. The number of imidazole rings is 1. The van der Waals surface area contributed by atoms with Crippen LogP contribution in [0.15, 0.2) is 67.3 Å². The van der Waals surface area contributed by atoms with E-state index in [1.807, 2.05) is 36.7 Å². The number of fused-ring (bicyclic) bond motifs is 4. The highest BCUT2D eigenvalue weighted by atomic mass is 15.0. The fourth-order valence-corrected chi connectivity index (χ4v) is 3.16. The minimum atomic E-state index is 0.798. The van der Waals surface area contributed by atoms with E-state index < -0.39 is 0 Å². The van der Waals surface area contributed by atoms with Gasteiger partial charge in [-0.1, -0.05) is 0 Å². The van der Waals surface area contributed by atoms with E-state index in [1.54, 1.807) is 6.20 Å². The zero-order valence-corrected chi connectivity index (χ0v) is 13.5. The largest absolute Gasteiger partial charge is 0.306 e. The van der Waals surface area contributed by atoms with E-state index >= 15 is 0 Å². The van der Waals surface area contributed by atoms with E-state index in [0.717, 1.165) is 51.8 Å². The Bertz CT molecular complexity index is 1210. The molecule has 0 aliphatic rings. The van der Waals surface area contributed by atoms with Crippen molar-refractivity contribution in [3.63, 3.8) is 0 Å². The number of hydrogen-bond acceptors (Lipinski definition) is 4. The van der Waals surface area contributed by atoms with E-state index in [9.17, 15) is 0 Å². The van der Waals surface area contributed by atoms with Gasteiger partial charge in [-0.05, 0) is 55.3 Å². The van der Waals surface area contributed by atoms with Gasteiger partial charge in [0.15, 0.2) is 5.65 Å². The molecule has 0 fully saturated rings. The molecule has 0 aliphatic carbocycles. The lowest BCUT2D eigenvalue weighted by Crippen LogP contribution is -1.96. The first-order valence-corrected chi connectivity index (χ1v) is 8.29. The molecule has 5 aromatic heterocycles. The zero-order chi connectivity index (χ0) is 16.6. The monoisotopic (exact) mass is 325 g/mol. The number of hydrogen-bond donors (Lipinski definition) is 0. The van der Waals surface area contributed by atoms with E-state index in [1.165, 1.54) is 0 Å². The highest BCUT2D eigenvalue weighted by Gasteiger charge is 2.07. The smallest absolute Gasteiger partial charge is 0.159 e. The van der Waals surface area contributed by atoms with Crippen molar-refractivity contribution < 1.29 is 0 Å². The van der Waals surface area contributed by atoms with Crippen molar-refractivity contribution >= 4 is 27.6 Å². The number of aryl methyl sites for hydroxylation is 2. The molecule has 5 aromatic rings. The molecular weight excluding hydrogens is 310 g/mol. The maximum Gasteiger partial charge on any atom is 0.159 e. The Balaban J connectivity index is 1.46. The minimum absolute atomic E-state index is 0.798. The van der Waals surface area contributed by atoms with Crippen LogP contribution in [-0.4, -0.2) is 24.3 Å². The van der Waals surface area contributed by atoms with Crippen LogP contribution in [0.2, 0.25) is 0 Å². The summed E-state index contributed by atoms with van der Waals surface area (Å²) >= 11 is 0. The Kier molecular flexibility index (Phi) is 3.16. The number of aromatic nitrogens is 5. The molecule has 5 rings (SSSR count). The Morgan fingerprint density at radius 1 is 0.800 bits per heavy atom. The molecule has 25 heavy (non-hydrogen) atoms. The molecule has 0 bridgehead atoms. The van der Waals surface area contributed by atoms with Crippen LogP contribution in [-0.2, 0) is 12.8 Å². The second-order valence-electron chi connectivity index (χ2n) is 6.07. The number of nitrogens with zero attached hydrogens (tertiary/aromatic N) is 5. The summed E-state index contributed by atoms with van der Waals surface area (Å²) in [6.45, 7) is 0. The first-order chi connectivity index (χ1) is 12.4. The van der Waals surface area contributed by atoms with Gasteiger partial charge in [-0.3, -0.25) is 4.98 Å². The topological polar surface area (TPSA) is 56.0 Å². The Labute approximate surface area is 144 Å². The molecule has 0 unspecified atom stereocenters. The third kappa shape index (κ3) is 2.50. The normalized spacial score (nSPS) is 11.5. The van der Waals surface area contributed by atoms with Gasteiger partial charge in [0.25, 0.3) is 0 Å². The maximum absolute atomic E-state index is 4.80. The van der Waals surface area contributed by atoms with Crippen molar-refractivity contribution in [3.8, 4) is 0 Å². The van der Waals surface area contributed by atoms with Gasteiger partial charge in [0.2, 0.25) is 0 Å². The second-order valence-corrected chi connectivity index (χ2v) is 6.07. The van der Waals surface area contributed by atoms with E-state index in [2.05, 4.69) is 43.7 Å². The quantitative estimate of drug-likeness (QED) is 0.508. The van der Waals surface area contributed by atoms with Crippen LogP contribution in [0.5, 0.6) is 0 Å². The molecule has 0 atom stereocenters. The van der Waals surface area contributed by atoms with Crippen molar-refractivity contribution in [2.24, 2.45) is 0 Å². The lowest BCUT2D eigenvalue weighted by Gasteiger charge is -2.01. The van der Waals surface area contributed by atoms with Crippen LogP contribution >= 0.6 is 0 Å². The molecule has 120 valence electrons. The van der Waals surface area contributed by atoms with E-state index in [0.29, 0.717) is 0 Å². The Hall–Kier alpha value is -3.34. The minimum Gasteiger partial charge on any atom is -0.306 e. The summed E-state index contributed by atoms with van der Waals surface area (Å²) in [4.78, 5) is 18.2. The average Bonchev–Trinajstić information content (AvgIpc) is 3.10. The second kappa shape index (κ2) is 5.63. The van der Waals surface area contributed by atoms with Gasteiger partial charge in [0, 0.05) is 41.3 Å². The molecule has 0 aliphatic heterocycles. The summed E-state index contributed by atoms with van der Waals surface area (Å²) in [5.41, 5.74) is 4.81. The van der Waals surface area contributed by atoms with Gasteiger partial charge in [-0.15, -0.1) is 0 Å². The van der Waals surface area contributed by atoms with E-state index in [4.69, 9.17) is 4.98 Å². The van der Waals surface area contributed by atoms with Crippen molar-refractivity contribution in [2.45, 2.75) is 12.8 Å². The third-order valence-corrected chi connectivity index (χ3v) is 4.41. The van der Waals surface area contributed by atoms with Crippen LogP contribution in [0.1, 0.15) is 11.4 Å². The fraction of sp³-hybridized carbons (Fsp3) is 0.100. The predicted octanol–water partition coefficient (Wildman–Crippen LogP) is 3.61. The molecule has 0 saturated carbocycles. The molecular formula is C20H15N5. The van der Waals surface area contributed by atoms with Crippen LogP contribution in [0.4, 0.5) is 0 Å². The van der Waals surface area contributed by atoms with Gasteiger partial charge >= 0.3 is 0 Å². The number of pyridine rings is 4. The summed E-state index contributed by atoms with van der Waals surface area (Å²) in [6, 6.07) is 14.1. The Morgan fingerprint density at radius 2 is 1.68 bits per heavy atom. The molecule has 5 nitrogen and oxygen atoms in total. The van der Waals surface area contributed by atoms with Crippen molar-refractivity contribution in [2.75, 3.05) is 0 Å². The highest BCUT2D eigenvalue weighted by Crippen LogP contribution is 2.18. The summed E-state index contributed by atoms with van der Waals surface area (Å²) in [6.07, 6.45) is 9.37. The van der Waals surface area contributed by atoms with Gasteiger partial charge in [-0.2, -0.15) is 0 Å². The molecule has 5 heteroatoms. The van der Waals surface area contributed by atoms with Gasteiger partial charge in [0.05, 0.1) is 11.2 Å². The molecule has 0 N–H and O–H groups in total. The molecule has 0 radical (unpaired) electrons. The molecule has 0 spiro atoms. The first-order valence-electron chi connectivity index (χ1n) is 8.29. The van der Waals surface area contributed by atoms with Crippen LogP contribution < -0.4 is 0 Å². The van der Waals surface area contributed by atoms with Gasteiger partial charge < -0.3 is 4.40 Å². The van der Waals surface area contributed by atoms with Gasteiger partial charge in [0.1, 0.15) is 5.65 Å². The van der Waals surface area contributed by atoms with Crippen LogP contribution in [0, 0.1) is 0 Å². The average molecular weight is 325 g/mol. The first kappa shape index (κ1) is 14.0. The summed E-state index contributed by atoms with van der Waals surface area (Å²) in [5.74, 6) is 0. The SMILES string of the molecule is c1cnc2nc(CCc3cn4ccc5ncccc5c4n3)ccc2c1. The zero-order valence-electron chi connectivity index (χ0n) is 13.5. The molecule has 0 aromatic carbocycles. The third-order valence-electron chi connectivity index (χ3n) is 4.41. The van der Waals surface area contributed by atoms with Crippen molar-refractivity contribution in [1.29, 1.82) is 0 Å². The fourth-order valence-electron chi connectivity index (χ4n) is 3.16. The molecule has 0 saturated heterocycles. The lowest BCUT2D eigenvalue weighted by molar-refractivity contribution is 0.894. The highest BCUT2D eigenvalue weighted by molar-refractivity contribution is 5.91. The summed E-state index contributed by atoms with van der Waals surface area (Å²) in [5, 5.41) is 2.14. The standard InChI is InChI=1S/C20H15N5/c1-3-14-5-6-15(23-19(14)22-11-1)7-8-16-13-25-12-9-18-17(20(25)24-16)4-2-10-21-18/h1-6,9-13H,7-8H2. The van der Waals surface area contributed by atoms with E-state index in [-0.39, 0.29) is 0 Å². The maximum atomic E-state index is 4.80. The molecule has 5 heterocycles. The summed E-state index contributed by atoms with van der Waals surface area (Å²) < 4.78 is 2.06. The number of rotatable bonds is 3. The van der Waals surface area contributed by atoms with Crippen molar-refractivity contribution in [1.82, 2.24) is 24.3 Å². The van der Waals surface area contributed by atoms with Crippen molar-refractivity contribution in [3.05, 3.63) is 78.6 Å². The van der Waals surface area contributed by atoms with Crippen LogP contribution in [0.25, 0.3) is 27.6 Å². The molecule has 0 amide bonds. The summed E-state index contributed by atoms with van der Waals surface area (Å²) in [7, 11) is 0. The lowest BCUT2D eigenvalue weighted by atomic mass is 10.1. The van der Waals surface area contributed by atoms with Crippen LogP contribution in [0.3, 0.4) is 0 Å². The Morgan fingerprint density at radius 3 is 2.68 bits per heavy atom. The van der Waals surface area contributed by atoms with Gasteiger partial charge in [-0.25, -0.2) is 15.0 Å².